The first-order chi connectivity index (χ1) is 10.3. The molecule has 0 bridgehead atoms. The molecular weight excluding hydrogens is 280 g/mol. The van der Waals surface area contributed by atoms with Crippen molar-refractivity contribution >= 4 is 12.0 Å². The number of nitrogens with one attached hydrogen (secondary N) is 1. The number of hydrogen-bond acceptors (Lipinski definition) is 5. The summed E-state index contributed by atoms with van der Waals surface area (Å²) in [5, 5.41) is 3.21. The Morgan fingerprint density at radius 3 is 2.73 bits per heavy atom. The minimum absolute atomic E-state index is 0.0247. The zero-order chi connectivity index (χ0) is 16.3. The number of rotatable bonds is 5. The van der Waals surface area contributed by atoms with E-state index in [0.717, 1.165) is 24.2 Å². The Kier molecular flexibility index (Phi) is 4.86. The van der Waals surface area contributed by atoms with Gasteiger partial charge in [0, 0.05) is 5.69 Å². The molecule has 0 saturated carbocycles. The summed E-state index contributed by atoms with van der Waals surface area (Å²) in [5.74, 6) is 0.190. The lowest BCUT2D eigenvalue weighted by atomic mass is 10.0. The maximum Gasteiger partial charge on any atom is 0.349 e. The van der Waals surface area contributed by atoms with Crippen LogP contribution in [0, 0.1) is 6.92 Å². The second kappa shape index (κ2) is 6.48. The molecule has 2 heterocycles. The fourth-order valence-electron chi connectivity index (χ4n) is 2.17. The van der Waals surface area contributed by atoms with E-state index in [9.17, 15) is 4.79 Å². The van der Waals surface area contributed by atoms with E-state index in [1.54, 1.807) is 12.3 Å². The summed E-state index contributed by atoms with van der Waals surface area (Å²) in [4.78, 5) is 16.7. The molecule has 1 saturated heterocycles. The molecule has 5 heteroatoms. The summed E-state index contributed by atoms with van der Waals surface area (Å²) in [6.07, 6.45) is 3.56. The van der Waals surface area contributed by atoms with Crippen molar-refractivity contribution in [2.75, 3.05) is 6.54 Å². The highest BCUT2D eigenvalue weighted by Crippen LogP contribution is 2.22. The maximum atomic E-state index is 12.4. The van der Waals surface area contributed by atoms with Gasteiger partial charge in [-0.2, -0.15) is 0 Å². The molecular formula is C17H24N2O3. The lowest BCUT2D eigenvalue weighted by molar-refractivity contribution is -0.165. The van der Waals surface area contributed by atoms with Crippen molar-refractivity contribution in [3.05, 3.63) is 30.1 Å². The number of carbonyl (C=O) groups excluding carboxylic acids is 1. The van der Waals surface area contributed by atoms with Gasteiger partial charge in [0.25, 0.3) is 0 Å². The fraction of sp³-hybridized carbons (Fsp3) is 0.529. The second-order valence-corrected chi connectivity index (χ2v) is 6.47. The highest BCUT2D eigenvalue weighted by molar-refractivity contribution is 5.76. The normalized spacial score (nSPS) is 19.0. The first-order valence-corrected chi connectivity index (χ1v) is 7.52. The van der Waals surface area contributed by atoms with Crippen LogP contribution < -0.4 is 10.1 Å². The minimum atomic E-state index is -0.671. The van der Waals surface area contributed by atoms with Crippen molar-refractivity contribution in [2.45, 2.75) is 51.9 Å². The summed E-state index contributed by atoms with van der Waals surface area (Å²) in [7, 11) is 0. The van der Waals surface area contributed by atoms with Crippen molar-refractivity contribution in [1.29, 1.82) is 0 Å². The topological polar surface area (TPSA) is 60.5 Å². The third-order valence-electron chi connectivity index (χ3n) is 3.45. The van der Waals surface area contributed by atoms with Gasteiger partial charge in [0.05, 0.1) is 12.2 Å². The monoisotopic (exact) mass is 304 g/mol. The summed E-state index contributed by atoms with van der Waals surface area (Å²) < 4.78 is 11.3. The highest BCUT2D eigenvalue weighted by atomic mass is 16.6. The lowest BCUT2D eigenvalue weighted by Crippen LogP contribution is -2.57. The smallest absolute Gasteiger partial charge is 0.349 e. The number of esters is 1. The Balaban J connectivity index is 2.16. The van der Waals surface area contributed by atoms with Crippen molar-refractivity contribution in [3.63, 3.8) is 0 Å². The predicted octanol–water partition coefficient (Wildman–Crippen LogP) is 2.48. The largest absolute Gasteiger partial charge is 0.475 e. The maximum absolute atomic E-state index is 12.4. The molecule has 5 nitrogen and oxygen atoms in total. The average Bonchev–Trinajstić information content (AvgIpc) is 2.36. The van der Waals surface area contributed by atoms with E-state index in [-0.39, 0.29) is 12.0 Å². The Labute approximate surface area is 131 Å². The van der Waals surface area contributed by atoms with Crippen LogP contribution in [0.1, 0.15) is 38.4 Å². The minimum Gasteiger partial charge on any atom is -0.475 e. The Hall–Kier alpha value is -1.88. The van der Waals surface area contributed by atoms with Gasteiger partial charge in [-0.05, 0) is 52.3 Å². The summed E-state index contributed by atoms with van der Waals surface area (Å²) >= 11 is 0. The lowest BCUT2D eigenvalue weighted by Gasteiger charge is -2.35. The van der Waals surface area contributed by atoms with Crippen LogP contribution in [0.25, 0.3) is 6.08 Å². The van der Waals surface area contributed by atoms with Crippen molar-refractivity contribution in [1.82, 2.24) is 10.3 Å². The van der Waals surface area contributed by atoms with Gasteiger partial charge in [0.1, 0.15) is 11.4 Å². The van der Waals surface area contributed by atoms with Crippen LogP contribution in [0.2, 0.25) is 0 Å². The first-order valence-electron chi connectivity index (χ1n) is 7.52. The van der Waals surface area contributed by atoms with E-state index < -0.39 is 11.7 Å². The third-order valence-corrected chi connectivity index (χ3v) is 3.45. The number of aryl methyl sites for hydroxylation is 1. The van der Waals surface area contributed by atoms with Crippen LogP contribution in [-0.2, 0) is 9.53 Å². The second-order valence-electron chi connectivity index (χ2n) is 6.47. The molecule has 0 radical (unpaired) electrons. The molecule has 1 aromatic rings. The molecule has 1 aromatic heterocycles. The Bertz CT molecular complexity index is 560. The van der Waals surface area contributed by atoms with Crippen LogP contribution in [0.4, 0.5) is 0 Å². The molecule has 0 aliphatic carbocycles. The summed E-state index contributed by atoms with van der Waals surface area (Å²) in [5.41, 5.74) is 1.22. The average molecular weight is 304 g/mol. The van der Waals surface area contributed by atoms with Crippen molar-refractivity contribution in [2.24, 2.45) is 0 Å². The molecule has 1 aliphatic rings. The predicted molar refractivity (Wildman–Crippen MR) is 85.7 cm³/mol. The number of carbonyl (C=O) groups is 1. The van der Waals surface area contributed by atoms with Crippen LogP contribution in [0.15, 0.2) is 18.8 Å². The van der Waals surface area contributed by atoms with E-state index in [4.69, 9.17) is 9.47 Å². The van der Waals surface area contributed by atoms with Gasteiger partial charge in [-0.15, -0.1) is 0 Å². The number of nitrogens with zero attached hydrogens (tertiary/aromatic N) is 1. The van der Waals surface area contributed by atoms with E-state index in [1.807, 2.05) is 33.8 Å². The molecule has 1 aliphatic heterocycles. The number of ether oxygens (including phenoxy) is 2. The quantitative estimate of drug-likeness (QED) is 0.847. The Morgan fingerprint density at radius 2 is 2.23 bits per heavy atom. The standard InChI is InChI=1S/C17H24N2O3/c1-6-12-9-13(10-19-11(12)2)21-15(14-7-8-18-14)16(20)22-17(3,4)5/h6,9-10,14-15,18H,1,7-8H2,2-5H3/t14-,15?/m0/s1. The van der Waals surface area contributed by atoms with E-state index in [0.29, 0.717) is 5.75 Å². The molecule has 2 atom stereocenters. The molecule has 1 unspecified atom stereocenters. The number of hydrogen-bond donors (Lipinski definition) is 1. The van der Waals surface area contributed by atoms with Crippen LogP contribution in [-0.4, -0.2) is 35.2 Å². The van der Waals surface area contributed by atoms with Crippen LogP contribution in [0.5, 0.6) is 5.75 Å². The van der Waals surface area contributed by atoms with Gasteiger partial charge in [-0.3, -0.25) is 4.98 Å². The molecule has 120 valence electrons. The molecule has 22 heavy (non-hydrogen) atoms. The van der Waals surface area contributed by atoms with Crippen LogP contribution in [0.3, 0.4) is 0 Å². The third kappa shape index (κ3) is 4.07. The molecule has 0 amide bonds. The van der Waals surface area contributed by atoms with Crippen molar-refractivity contribution in [3.8, 4) is 5.75 Å². The zero-order valence-corrected chi connectivity index (χ0v) is 13.7. The van der Waals surface area contributed by atoms with Gasteiger partial charge in [-0.1, -0.05) is 12.7 Å². The molecule has 2 rings (SSSR count). The zero-order valence-electron chi connectivity index (χ0n) is 13.7. The fourth-order valence-corrected chi connectivity index (χ4v) is 2.17. The van der Waals surface area contributed by atoms with Gasteiger partial charge in [0.2, 0.25) is 6.10 Å². The van der Waals surface area contributed by atoms with E-state index in [2.05, 4.69) is 16.9 Å². The molecule has 1 fully saturated rings. The van der Waals surface area contributed by atoms with E-state index >= 15 is 0 Å². The first kappa shape index (κ1) is 16.5. The number of pyridine rings is 1. The van der Waals surface area contributed by atoms with Crippen LogP contribution >= 0.6 is 0 Å². The number of aromatic nitrogens is 1. The molecule has 1 N–H and O–H groups in total. The molecule has 0 aromatic carbocycles. The summed E-state index contributed by atoms with van der Waals surface area (Å²) in [6, 6.07) is 1.81. The Morgan fingerprint density at radius 1 is 1.55 bits per heavy atom. The van der Waals surface area contributed by atoms with E-state index in [1.165, 1.54) is 0 Å². The summed E-state index contributed by atoms with van der Waals surface area (Å²) in [6.45, 7) is 12.1. The molecule has 0 spiro atoms. The van der Waals surface area contributed by atoms with Gasteiger partial charge in [-0.25, -0.2) is 4.79 Å². The SMILES string of the molecule is C=Cc1cc(OC(C(=O)OC(C)(C)C)[C@@H]2CCN2)cnc1C. The van der Waals surface area contributed by atoms with Gasteiger partial charge < -0.3 is 14.8 Å². The van der Waals surface area contributed by atoms with Gasteiger partial charge >= 0.3 is 5.97 Å². The van der Waals surface area contributed by atoms with Gasteiger partial charge in [0.15, 0.2) is 0 Å². The van der Waals surface area contributed by atoms with Crippen molar-refractivity contribution < 1.29 is 14.3 Å². The highest BCUT2D eigenvalue weighted by Gasteiger charge is 2.37.